The zero-order valence-electron chi connectivity index (χ0n) is 14.1. The molecule has 0 heterocycles. The summed E-state index contributed by atoms with van der Waals surface area (Å²) < 4.78 is 16.9. The van der Waals surface area contributed by atoms with Gasteiger partial charge in [-0.25, -0.2) is 0 Å². The summed E-state index contributed by atoms with van der Waals surface area (Å²) in [6.45, 7) is 5.68. The normalized spacial score (nSPS) is 10.4. The van der Waals surface area contributed by atoms with Crippen LogP contribution in [0.1, 0.15) is 16.7 Å². The van der Waals surface area contributed by atoms with Crippen molar-refractivity contribution in [2.45, 2.75) is 20.3 Å². The lowest BCUT2D eigenvalue weighted by molar-refractivity contribution is 0.214. The molecule has 4 nitrogen and oxygen atoms in total. The van der Waals surface area contributed by atoms with Gasteiger partial charge in [0.25, 0.3) is 0 Å². The highest BCUT2D eigenvalue weighted by Crippen LogP contribution is 2.25. The van der Waals surface area contributed by atoms with Crippen molar-refractivity contribution in [3.63, 3.8) is 0 Å². The van der Waals surface area contributed by atoms with Gasteiger partial charge in [-0.2, -0.15) is 0 Å². The number of benzene rings is 2. The fourth-order valence-electron chi connectivity index (χ4n) is 2.34. The average Bonchev–Trinajstić information content (AvgIpc) is 2.56. The molecule has 0 spiro atoms. The largest absolute Gasteiger partial charge is 0.497 e. The summed E-state index contributed by atoms with van der Waals surface area (Å²) in [4.78, 5) is 0. The maximum Gasteiger partial charge on any atom is 0.126 e. The number of rotatable bonds is 8. The van der Waals surface area contributed by atoms with E-state index in [-0.39, 0.29) is 0 Å². The van der Waals surface area contributed by atoms with Gasteiger partial charge >= 0.3 is 0 Å². The molecule has 2 aromatic rings. The molecule has 0 fully saturated rings. The van der Waals surface area contributed by atoms with Crippen molar-refractivity contribution in [2.75, 3.05) is 26.9 Å². The molecule has 4 heteroatoms. The summed E-state index contributed by atoms with van der Waals surface area (Å²) in [6.07, 6.45) is 0.775. The second kappa shape index (κ2) is 8.44. The molecule has 0 radical (unpaired) electrons. The Kier molecular flexibility index (Phi) is 6.29. The van der Waals surface area contributed by atoms with Gasteiger partial charge < -0.3 is 19.9 Å². The molecule has 2 aromatic carbocycles. The van der Waals surface area contributed by atoms with Crippen LogP contribution in [0.4, 0.5) is 0 Å². The van der Waals surface area contributed by atoms with Crippen molar-refractivity contribution in [3.05, 3.63) is 53.1 Å². The van der Waals surface area contributed by atoms with Crippen LogP contribution in [-0.4, -0.2) is 26.9 Å². The lowest BCUT2D eigenvalue weighted by atomic mass is 10.1. The minimum absolute atomic E-state index is 0.470. The standard InChI is InChI=1S/C19H25NO3/c1-14-5-4-6-18(15(14)2)22-11-12-23-19-13-17(21-3)8-7-16(19)9-10-20/h4-8,13H,9-12,20H2,1-3H3. The molecule has 0 aliphatic heterocycles. The first-order valence-corrected chi connectivity index (χ1v) is 7.84. The first kappa shape index (κ1) is 17.2. The highest BCUT2D eigenvalue weighted by atomic mass is 16.5. The van der Waals surface area contributed by atoms with Crippen LogP contribution >= 0.6 is 0 Å². The van der Waals surface area contributed by atoms with Crippen molar-refractivity contribution in [3.8, 4) is 17.2 Å². The summed E-state index contributed by atoms with van der Waals surface area (Å²) in [7, 11) is 1.64. The van der Waals surface area contributed by atoms with Crippen LogP contribution in [0.2, 0.25) is 0 Å². The topological polar surface area (TPSA) is 53.7 Å². The van der Waals surface area contributed by atoms with E-state index in [0.29, 0.717) is 19.8 Å². The number of hydrogen-bond acceptors (Lipinski definition) is 4. The third-order valence-corrected chi connectivity index (χ3v) is 3.84. The van der Waals surface area contributed by atoms with Gasteiger partial charge in [0, 0.05) is 6.07 Å². The van der Waals surface area contributed by atoms with Crippen LogP contribution in [0, 0.1) is 13.8 Å². The molecule has 0 aliphatic rings. The Morgan fingerprint density at radius 2 is 1.70 bits per heavy atom. The molecule has 0 aliphatic carbocycles. The van der Waals surface area contributed by atoms with Crippen LogP contribution in [0.5, 0.6) is 17.2 Å². The lowest BCUT2D eigenvalue weighted by Gasteiger charge is -2.14. The molecule has 0 unspecified atom stereocenters. The molecule has 2 rings (SSSR count). The van der Waals surface area contributed by atoms with Crippen LogP contribution in [0.3, 0.4) is 0 Å². The Morgan fingerprint density at radius 3 is 2.39 bits per heavy atom. The molecule has 0 atom stereocenters. The number of methoxy groups -OCH3 is 1. The minimum Gasteiger partial charge on any atom is -0.497 e. The maximum atomic E-state index is 5.86. The third kappa shape index (κ3) is 4.63. The van der Waals surface area contributed by atoms with Gasteiger partial charge in [0.1, 0.15) is 30.5 Å². The molecular formula is C19H25NO3. The van der Waals surface area contributed by atoms with Crippen molar-refractivity contribution in [1.82, 2.24) is 0 Å². The monoisotopic (exact) mass is 315 g/mol. The van der Waals surface area contributed by atoms with Crippen LogP contribution in [0.15, 0.2) is 36.4 Å². The first-order chi connectivity index (χ1) is 11.2. The Balaban J connectivity index is 1.94. The van der Waals surface area contributed by atoms with Gasteiger partial charge in [0.2, 0.25) is 0 Å². The molecular weight excluding hydrogens is 290 g/mol. The second-order valence-electron chi connectivity index (χ2n) is 5.41. The van der Waals surface area contributed by atoms with E-state index in [1.165, 1.54) is 5.56 Å². The lowest BCUT2D eigenvalue weighted by Crippen LogP contribution is -2.12. The molecule has 0 bridgehead atoms. The van der Waals surface area contributed by atoms with Gasteiger partial charge in [-0.05, 0) is 55.6 Å². The van der Waals surface area contributed by atoms with Crippen molar-refractivity contribution < 1.29 is 14.2 Å². The summed E-state index contributed by atoms with van der Waals surface area (Å²) >= 11 is 0. The van der Waals surface area contributed by atoms with Crippen LogP contribution in [0.25, 0.3) is 0 Å². The summed E-state index contributed by atoms with van der Waals surface area (Å²) in [5, 5.41) is 0. The predicted octanol–water partition coefficient (Wildman–Crippen LogP) is 3.27. The average molecular weight is 315 g/mol. The highest BCUT2D eigenvalue weighted by molar-refractivity contribution is 5.41. The van der Waals surface area contributed by atoms with Crippen molar-refractivity contribution in [2.24, 2.45) is 5.73 Å². The first-order valence-electron chi connectivity index (χ1n) is 7.84. The Labute approximate surface area is 138 Å². The second-order valence-corrected chi connectivity index (χ2v) is 5.41. The van der Waals surface area contributed by atoms with Gasteiger partial charge in [0.15, 0.2) is 0 Å². The fourth-order valence-corrected chi connectivity index (χ4v) is 2.34. The van der Waals surface area contributed by atoms with E-state index in [2.05, 4.69) is 19.9 Å². The van der Waals surface area contributed by atoms with E-state index in [1.54, 1.807) is 7.11 Å². The third-order valence-electron chi connectivity index (χ3n) is 3.84. The van der Waals surface area contributed by atoms with Gasteiger partial charge in [-0.1, -0.05) is 18.2 Å². The van der Waals surface area contributed by atoms with Crippen molar-refractivity contribution >= 4 is 0 Å². The van der Waals surface area contributed by atoms with E-state index in [9.17, 15) is 0 Å². The smallest absolute Gasteiger partial charge is 0.126 e. The molecule has 0 saturated carbocycles. The van der Waals surface area contributed by atoms with Gasteiger partial charge in [0.05, 0.1) is 7.11 Å². The van der Waals surface area contributed by atoms with Crippen molar-refractivity contribution in [1.29, 1.82) is 0 Å². The summed E-state index contributed by atoms with van der Waals surface area (Å²) in [5.41, 5.74) is 9.12. The number of hydrogen-bond donors (Lipinski definition) is 1. The minimum atomic E-state index is 0.470. The molecule has 124 valence electrons. The molecule has 0 aromatic heterocycles. The van der Waals surface area contributed by atoms with Crippen LogP contribution < -0.4 is 19.9 Å². The molecule has 23 heavy (non-hydrogen) atoms. The van der Waals surface area contributed by atoms with E-state index in [1.807, 2.05) is 30.3 Å². The van der Waals surface area contributed by atoms with E-state index in [4.69, 9.17) is 19.9 Å². The SMILES string of the molecule is COc1ccc(CCN)c(OCCOc2cccc(C)c2C)c1. The zero-order valence-corrected chi connectivity index (χ0v) is 14.1. The highest BCUT2D eigenvalue weighted by Gasteiger charge is 2.06. The fraction of sp³-hybridized carbons (Fsp3) is 0.368. The molecule has 2 N–H and O–H groups in total. The van der Waals surface area contributed by atoms with E-state index in [0.717, 1.165) is 34.8 Å². The zero-order chi connectivity index (χ0) is 16.7. The number of ether oxygens (including phenoxy) is 3. The Morgan fingerprint density at radius 1 is 0.957 bits per heavy atom. The van der Waals surface area contributed by atoms with E-state index < -0.39 is 0 Å². The van der Waals surface area contributed by atoms with E-state index >= 15 is 0 Å². The van der Waals surface area contributed by atoms with Crippen LogP contribution in [-0.2, 0) is 6.42 Å². The predicted molar refractivity (Wildman–Crippen MR) is 92.7 cm³/mol. The summed E-state index contributed by atoms with van der Waals surface area (Å²) in [5.74, 6) is 2.48. The Hall–Kier alpha value is -2.20. The van der Waals surface area contributed by atoms with Gasteiger partial charge in [-0.15, -0.1) is 0 Å². The number of aryl methyl sites for hydroxylation is 1. The molecule has 0 amide bonds. The molecule has 0 saturated heterocycles. The number of nitrogens with two attached hydrogens (primary N) is 1. The maximum absolute atomic E-state index is 5.86. The van der Waals surface area contributed by atoms with Gasteiger partial charge in [-0.3, -0.25) is 0 Å². The Bertz CT molecular complexity index is 641. The summed E-state index contributed by atoms with van der Waals surface area (Å²) in [6, 6.07) is 11.9. The quantitative estimate of drug-likeness (QED) is 0.760.